The Hall–Kier alpha value is -4.19. The first kappa shape index (κ1) is 24.0. The molecule has 0 radical (unpaired) electrons. The van der Waals surface area contributed by atoms with E-state index in [1.54, 1.807) is 18.3 Å². The molecule has 1 amide bonds. The molecule has 0 saturated heterocycles. The summed E-state index contributed by atoms with van der Waals surface area (Å²) in [5.41, 5.74) is 2.39. The molecule has 0 saturated carbocycles. The summed E-state index contributed by atoms with van der Waals surface area (Å²) in [4.78, 5) is 29.2. The molecule has 1 atom stereocenters. The lowest BCUT2D eigenvalue weighted by Crippen LogP contribution is -2.27. The third-order valence-electron chi connectivity index (χ3n) is 5.88. The zero-order valence-electron chi connectivity index (χ0n) is 19.9. The first-order valence-corrected chi connectivity index (χ1v) is 11.6. The predicted molar refractivity (Wildman–Crippen MR) is 136 cm³/mol. The zero-order valence-corrected chi connectivity index (χ0v) is 19.9. The van der Waals surface area contributed by atoms with E-state index < -0.39 is 0 Å². The van der Waals surface area contributed by atoms with Gasteiger partial charge in [-0.3, -0.25) is 9.59 Å². The van der Waals surface area contributed by atoms with E-state index in [-0.39, 0.29) is 24.3 Å². The molecule has 4 aromatic rings. The minimum atomic E-state index is -0.268. The van der Waals surface area contributed by atoms with Crippen LogP contribution in [0.3, 0.4) is 0 Å². The molecule has 4 rings (SSSR count). The molecule has 1 heterocycles. The van der Waals surface area contributed by atoms with E-state index >= 15 is 0 Å². The van der Waals surface area contributed by atoms with Crippen molar-refractivity contribution in [2.24, 2.45) is 0 Å². The number of esters is 1. The van der Waals surface area contributed by atoms with Gasteiger partial charge in [0, 0.05) is 24.2 Å². The lowest BCUT2D eigenvalue weighted by Gasteiger charge is -2.18. The topological polar surface area (TPSA) is 77.5 Å². The second-order valence-corrected chi connectivity index (χ2v) is 8.28. The van der Waals surface area contributed by atoms with Crippen LogP contribution in [0.1, 0.15) is 47.3 Å². The number of amides is 1. The molecular formula is C29H28N2O4. The number of hydrogen-bond acceptors (Lipinski definition) is 5. The quantitative estimate of drug-likeness (QED) is 0.304. The van der Waals surface area contributed by atoms with Crippen LogP contribution in [-0.4, -0.2) is 24.0 Å². The van der Waals surface area contributed by atoms with E-state index in [2.05, 4.69) is 28.5 Å². The molecule has 0 unspecified atom stereocenters. The van der Waals surface area contributed by atoms with Crippen LogP contribution < -0.4 is 10.1 Å². The fourth-order valence-electron chi connectivity index (χ4n) is 4.08. The van der Waals surface area contributed by atoms with Gasteiger partial charge in [0.15, 0.2) is 0 Å². The Morgan fingerprint density at radius 3 is 2.57 bits per heavy atom. The van der Waals surface area contributed by atoms with Gasteiger partial charge in [0.2, 0.25) is 5.88 Å². The molecule has 3 aromatic carbocycles. The third-order valence-corrected chi connectivity index (χ3v) is 5.88. The number of hydrogen-bond donors (Lipinski definition) is 1. The van der Waals surface area contributed by atoms with Crippen LogP contribution in [0.5, 0.6) is 11.6 Å². The SMILES string of the molecule is COC(=O)CCCc1ccc(Oc2ccccn2)cc1C(=O)N[C@H](C)c1cccc2ccccc12. The maximum absolute atomic E-state index is 13.5. The van der Waals surface area contributed by atoms with Gasteiger partial charge < -0.3 is 14.8 Å². The predicted octanol–water partition coefficient (Wildman–Crippen LogP) is 6.01. The minimum Gasteiger partial charge on any atom is -0.469 e. The van der Waals surface area contributed by atoms with Crippen LogP contribution in [-0.2, 0) is 16.0 Å². The number of aromatic nitrogens is 1. The van der Waals surface area contributed by atoms with Gasteiger partial charge in [0.05, 0.1) is 13.2 Å². The van der Waals surface area contributed by atoms with E-state index in [1.165, 1.54) is 7.11 Å². The van der Waals surface area contributed by atoms with Crippen LogP contribution >= 0.6 is 0 Å². The number of carbonyl (C=O) groups excluding carboxylic acids is 2. The largest absolute Gasteiger partial charge is 0.469 e. The number of ether oxygens (including phenoxy) is 2. The number of methoxy groups -OCH3 is 1. The molecule has 0 fully saturated rings. The summed E-state index contributed by atoms with van der Waals surface area (Å²) < 4.78 is 10.6. The van der Waals surface area contributed by atoms with Crippen LogP contribution in [0.25, 0.3) is 10.8 Å². The first-order valence-electron chi connectivity index (χ1n) is 11.6. The van der Waals surface area contributed by atoms with Crippen LogP contribution in [0.15, 0.2) is 85.1 Å². The van der Waals surface area contributed by atoms with E-state index in [4.69, 9.17) is 9.47 Å². The summed E-state index contributed by atoms with van der Waals surface area (Å²) in [7, 11) is 1.37. The number of nitrogens with one attached hydrogen (secondary N) is 1. The van der Waals surface area contributed by atoms with Gasteiger partial charge in [-0.1, -0.05) is 54.6 Å². The average molecular weight is 469 g/mol. The average Bonchev–Trinajstić information content (AvgIpc) is 2.89. The molecule has 6 heteroatoms. The van der Waals surface area contributed by atoms with Crippen LogP contribution in [0, 0.1) is 0 Å². The first-order chi connectivity index (χ1) is 17.0. The van der Waals surface area contributed by atoms with Gasteiger partial charge in [-0.2, -0.15) is 0 Å². The number of aryl methyl sites for hydroxylation is 1. The highest BCUT2D eigenvalue weighted by Gasteiger charge is 2.18. The highest BCUT2D eigenvalue weighted by molar-refractivity contribution is 5.97. The lowest BCUT2D eigenvalue weighted by molar-refractivity contribution is -0.140. The molecule has 6 nitrogen and oxygen atoms in total. The molecule has 35 heavy (non-hydrogen) atoms. The Morgan fingerprint density at radius 1 is 0.971 bits per heavy atom. The maximum Gasteiger partial charge on any atom is 0.305 e. The third kappa shape index (κ3) is 6.03. The number of carbonyl (C=O) groups is 2. The smallest absolute Gasteiger partial charge is 0.305 e. The van der Waals surface area contributed by atoms with Crippen molar-refractivity contribution in [1.82, 2.24) is 10.3 Å². The van der Waals surface area contributed by atoms with E-state index in [1.807, 2.05) is 55.5 Å². The van der Waals surface area contributed by atoms with Crippen molar-refractivity contribution in [2.75, 3.05) is 7.11 Å². The van der Waals surface area contributed by atoms with Gasteiger partial charge in [0.1, 0.15) is 5.75 Å². The summed E-state index contributed by atoms with van der Waals surface area (Å²) in [5, 5.41) is 5.37. The van der Waals surface area contributed by atoms with Gasteiger partial charge >= 0.3 is 5.97 Å². The van der Waals surface area contributed by atoms with Gasteiger partial charge in [-0.15, -0.1) is 0 Å². The fourth-order valence-corrected chi connectivity index (χ4v) is 4.08. The Kier molecular flexibility index (Phi) is 7.73. The Labute approximate surface area is 204 Å². The highest BCUT2D eigenvalue weighted by atomic mass is 16.5. The van der Waals surface area contributed by atoms with Crippen LogP contribution in [0.2, 0.25) is 0 Å². The van der Waals surface area contributed by atoms with Crippen molar-refractivity contribution < 1.29 is 19.1 Å². The molecule has 0 bridgehead atoms. The maximum atomic E-state index is 13.5. The molecule has 178 valence electrons. The number of nitrogens with zero attached hydrogens (tertiary/aromatic N) is 1. The molecule has 1 N–H and O–H groups in total. The molecule has 0 aliphatic rings. The Bertz CT molecular complexity index is 1320. The van der Waals surface area contributed by atoms with Crippen molar-refractivity contribution in [3.05, 3.63) is 102 Å². The number of fused-ring (bicyclic) bond motifs is 1. The normalized spacial score (nSPS) is 11.6. The van der Waals surface area contributed by atoms with Gasteiger partial charge in [-0.05, 0) is 59.9 Å². The number of benzene rings is 3. The van der Waals surface area contributed by atoms with E-state index in [0.717, 1.165) is 21.9 Å². The highest BCUT2D eigenvalue weighted by Crippen LogP contribution is 2.27. The van der Waals surface area contributed by atoms with Gasteiger partial charge in [-0.25, -0.2) is 4.98 Å². The van der Waals surface area contributed by atoms with Crippen molar-refractivity contribution in [1.29, 1.82) is 0 Å². The summed E-state index contributed by atoms with van der Waals surface area (Å²) in [6, 6.07) is 24.8. The van der Waals surface area contributed by atoms with Crippen LogP contribution in [0.4, 0.5) is 0 Å². The second kappa shape index (κ2) is 11.3. The Morgan fingerprint density at radius 2 is 1.77 bits per heavy atom. The summed E-state index contributed by atoms with van der Waals surface area (Å²) in [6.45, 7) is 1.98. The Balaban J connectivity index is 1.59. The standard InChI is InChI=1S/C29H28N2O4/c1-20(24-13-7-10-21-9-3-4-12-25(21)24)31-29(33)26-19-23(35-27-14-5-6-18-30-27)17-16-22(26)11-8-15-28(32)34-2/h3-7,9-10,12-14,16-20H,8,11,15H2,1-2H3,(H,31,33)/t20-/m1/s1. The second-order valence-electron chi connectivity index (χ2n) is 8.28. The number of pyridine rings is 1. The molecule has 0 spiro atoms. The molecule has 1 aromatic heterocycles. The van der Waals surface area contributed by atoms with Crippen molar-refractivity contribution in [2.45, 2.75) is 32.2 Å². The minimum absolute atomic E-state index is 0.204. The fraction of sp³-hybridized carbons (Fsp3) is 0.207. The van der Waals surface area contributed by atoms with E-state index in [9.17, 15) is 9.59 Å². The van der Waals surface area contributed by atoms with Crippen molar-refractivity contribution >= 4 is 22.6 Å². The van der Waals surface area contributed by atoms with Crippen molar-refractivity contribution in [3.8, 4) is 11.6 Å². The summed E-state index contributed by atoms with van der Waals surface area (Å²) >= 11 is 0. The lowest BCUT2D eigenvalue weighted by atomic mass is 9.98. The monoisotopic (exact) mass is 468 g/mol. The summed E-state index contributed by atoms with van der Waals surface area (Å²) in [5.74, 6) is 0.491. The molecule has 0 aliphatic heterocycles. The zero-order chi connectivity index (χ0) is 24.6. The number of rotatable bonds is 9. The molecule has 0 aliphatic carbocycles. The summed E-state index contributed by atoms with van der Waals surface area (Å²) in [6.07, 6.45) is 3.07. The molecular weight excluding hydrogens is 440 g/mol. The van der Waals surface area contributed by atoms with Crippen molar-refractivity contribution in [3.63, 3.8) is 0 Å². The van der Waals surface area contributed by atoms with E-state index in [0.29, 0.717) is 30.0 Å². The van der Waals surface area contributed by atoms with Gasteiger partial charge in [0.25, 0.3) is 5.91 Å².